The standard InChI is InChI=1S/C20H20FN5O2S/c1-3-22-19(28)13-7-6-8-14(11-13)23-17(27)12-29-20-25-24-18(26(20)2)15-9-4-5-10-16(15)21/h4-11H,3,12H2,1-2H3,(H,22,28)(H,23,27). The van der Waals surface area contributed by atoms with Crippen molar-refractivity contribution in [3.63, 3.8) is 0 Å². The summed E-state index contributed by atoms with van der Waals surface area (Å²) >= 11 is 1.19. The van der Waals surface area contributed by atoms with E-state index in [1.54, 1.807) is 54.1 Å². The summed E-state index contributed by atoms with van der Waals surface area (Å²) in [6, 6.07) is 13.0. The molecule has 1 heterocycles. The lowest BCUT2D eigenvalue weighted by Crippen LogP contribution is -2.23. The first-order chi connectivity index (χ1) is 14.0. The fourth-order valence-corrected chi connectivity index (χ4v) is 3.36. The van der Waals surface area contributed by atoms with Crippen molar-refractivity contribution in [2.24, 2.45) is 7.05 Å². The predicted octanol–water partition coefficient (Wildman–Crippen LogP) is 3.10. The molecule has 0 aliphatic heterocycles. The van der Waals surface area contributed by atoms with Crippen LogP contribution in [0.5, 0.6) is 0 Å². The number of halogens is 1. The van der Waals surface area contributed by atoms with Crippen LogP contribution in [0.3, 0.4) is 0 Å². The van der Waals surface area contributed by atoms with Crippen molar-refractivity contribution in [2.45, 2.75) is 12.1 Å². The minimum Gasteiger partial charge on any atom is -0.352 e. The van der Waals surface area contributed by atoms with E-state index < -0.39 is 0 Å². The highest BCUT2D eigenvalue weighted by Crippen LogP contribution is 2.24. The average Bonchev–Trinajstić information content (AvgIpc) is 3.07. The van der Waals surface area contributed by atoms with Gasteiger partial charge in [-0.2, -0.15) is 0 Å². The van der Waals surface area contributed by atoms with Crippen LogP contribution in [0, 0.1) is 5.82 Å². The van der Waals surface area contributed by atoms with Gasteiger partial charge in [-0.05, 0) is 37.3 Å². The molecule has 0 radical (unpaired) electrons. The molecule has 0 fully saturated rings. The molecule has 150 valence electrons. The van der Waals surface area contributed by atoms with Gasteiger partial charge in [0, 0.05) is 24.8 Å². The Kier molecular flexibility index (Phi) is 6.61. The number of thioether (sulfide) groups is 1. The maximum atomic E-state index is 14.0. The van der Waals surface area contributed by atoms with Gasteiger partial charge in [-0.25, -0.2) is 4.39 Å². The summed E-state index contributed by atoms with van der Waals surface area (Å²) in [6.45, 7) is 2.36. The summed E-state index contributed by atoms with van der Waals surface area (Å²) in [4.78, 5) is 24.2. The zero-order valence-electron chi connectivity index (χ0n) is 16.0. The van der Waals surface area contributed by atoms with Crippen LogP contribution in [0.25, 0.3) is 11.4 Å². The zero-order valence-corrected chi connectivity index (χ0v) is 16.8. The number of anilines is 1. The maximum absolute atomic E-state index is 14.0. The third-order valence-electron chi connectivity index (χ3n) is 4.03. The molecule has 0 atom stereocenters. The van der Waals surface area contributed by atoms with Crippen molar-refractivity contribution in [1.82, 2.24) is 20.1 Å². The SMILES string of the molecule is CCNC(=O)c1cccc(NC(=O)CSc2nnc(-c3ccccc3F)n2C)c1. The van der Waals surface area contributed by atoms with Gasteiger partial charge in [0.25, 0.3) is 5.91 Å². The van der Waals surface area contributed by atoms with E-state index in [-0.39, 0.29) is 23.4 Å². The molecule has 0 aliphatic carbocycles. The molecule has 0 aliphatic rings. The second-order valence-corrected chi connectivity index (χ2v) is 7.06. The number of rotatable bonds is 7. The number of hydrogen-bond donors (Lipinski definition) is 2. The van der Waals surface area contributed by atoms with Crippen molar-refractivity contribution in [3.05, 3.63) is 59.9 Å². The van der Waals surface area contributed by atoms with Crippen molar-refractivity contribution in [2.75, 3.05) is 17.6 Å². The van der Waals surface area contributed by atoms with Crippen LogP contribution in [0.2, 0.25) is 0 Å². The minimum atomic E-state index is -0.385. The maximum Gasteiger partial charge on any atom is 0.251 e. The van der Waals surface area contributed by atoms with Crippen LogP contribution >= 0.6 is 11.8 Å². The highest BCUT2D eigenvalue weighted by Gasteiger charge is 2.15. The second-order valence-electron chi connectivity index (χ2n) is 6.12. The van der Waals surface area contributed by atoms with Crippen molar-refractivity contribution < 1.29 is 14.0 Å². The zero-order chi connectivity index (χ0) is 20.8. The van der Waals surface area contributed by atoms with E-state index in [0.29, 0.717) is 34.3 Å². The molecule has 9 heteroatoms. The van der Waals surface area contributed by atoms with Crippen LogP contribution in [-0.4, -0.2) is 38.9 Å². The van der Waals surface area contributed by atoms with Gasteiger partial charge in [0.2, 0.25) is 5.91 Å². The van der Waals surface area contributed by atoms with Gasteiger partial charge in [-0.1, -0.05) is 30.0 Å². The van der Waals surface area contributed by atoms with Crippen LogP contribution in [0.1, 0.15) is 17.3 Å². The van der Waals surface area contributed by atoms with E-state index in [9.17, 15) is 14.0 Å². The van der Waals surface area contributed by atoms with Crippen LogP contribution in [-0.2, 0) is 11.8 Å². The summed E-state index contributed by atoms with van der Waals surface area (Å²) < 4.78 is 15.6. The van der Waals surface area contributed by atoms with E-state index in [1.165, 1.54) is 17.8 Å². The van der Waals surface area contributed by atoms with Crippen molar-refractivity contribution in [3.8, 4) is 11.4 Å². The Morgan fingerprint density at radius 2 is 1.93 bits per heavy atom. The highest BCUT2D eigenvalue weighted by atomic mass is 32.2. The fraction of sp³-hybridized carbons (Fsp3) is 0.200. The summed E-state index contributed by atoms with van der Waals surface area (Å²) in [5, 5.41) is 14.0. The quantitative estimate of drug-likeness (QED) is 0.581. The summed E-state index contributed by atoms with van der Waals surface area (Å²) in [5.41, 5.74) is 1.35. The van der Waals surface area contributed by atoms with Gasteiger partial charge in [0.1, 0.15) is 5.82 Å². The number of benzene rings is 2. The molecular weight excluding hydrogens is 393 g/mol. The summed E-state index contributed by atoms with van der Waals surface area (Å²) in [5.74, 6) is -0.351. The number of nitrogens with one attached hydrogen (secondary N) is 2. The molecule has 3 aromatic rings. The molecule has 1 aromatic heterocycles. The molecule has 2 N–H and O–H groups in total. The van der Waals surface area contributed by atoms with Gasteiger partial charge in [-0.3, -0.25) is 9.59 Å². The van der Waals surface area contributed by atoms with E-state index in [4.69, 9.17) is 0 Å². The van der Waals surface area contributed by atoms with Gasteiger partial charge in [0.05, 0.1) is 11.3 Å². The van der Waals surface area contributed by atoms with Crippen molar-refractivity contribution >= 4 is 29.3 Å². The molecule has 29 heavy (non-hydrogen) atoms. The third-order valence-corrected chi connectivity index (χ3v) is 5.05. The molecule has 3 rings (SSSR count). The number of amides is 2. The normalized spacial score (nSPS) is 10.6. The van der Waals surface area contributed by atoms with E-state index >= 15 is 0 Å². The van der Waals surface area contributed by atoms with Crippen molar-refractivity contribution in [1.29, 1.82) is 0 Å². The second kappa shape index (κ2) is 9.33. The lowest BCUT2D eigenvalue weighted by Gasteiger charge is -2.08. The monoisotopic (exact) mass is 413 g/mol. The Hall–Kier alpha value is -3.20. The Morgan fingerprint density at radius 1 is 1.14 bits per heavy atom. The number of carbonyl (C=O) groups excluding carboxylic acids is 2. The molecule has 0 bridgehead atoms. The van der Waals surface area contributed by atoms with Gasteiger partial charge >= 0.3 is 0 Å². The molecule has 0 saturated heterocycles. The number of hydrogen-bond acceptors (Lipinski definition) is 5. The smallest absolute Gasteiger partial charge is 0.251 e. The largest absolute Gasteiger partial charge is 0.352 e. The topological polar surface area (TPSA) is 88.9 Å². The first-order valence-corrected chi connectivity index (χ1v) is 9.93. The predicted molar refractivity (Wildman–Crippen MR) is 110 cm³/mol. The lowest BCUT2D eigenvalue weighted by atomic mass is 10.2. The Labute approximate surface area is 171 Å². The molecule has 2 aromatic carbocycles. The van der Waals surface area contributed by atoms with Crippen LogP contribution < -0.4 is 10.6 Å². The minimum absolute atomic E-state index is 0.0919. The molecule has 2 amide bonds. The molecule has 0 saturated carbocycles. The van der Waals surface area contributed by atoms with Crippen LogP contribution in [0.4, 0.5) is 10.1 Å². The van der Waals surface area contributed by atoms with Crippen LogP contribution in [0.15, 0.2) is 53.7 Å². The molecular formula is C20H20FN5O2S. The fourth-order valence-electron chi connectivity index (χ4n) is 2.65. The Balaban J connectivity index is 1.63. The summed E-state index contributed by atoms with van der Waals surface area (Å²) in [6.07, 6.45) is 0. The number of carbonyl (C=O) groups is 2. The number of aromatic nitrogens is 3. The molecule has 7 nitrogen and oxygen atoms in total. The Bertz CT molecular complexity index is 1040. The van der Waals surface area contributed by atoms with Gasteiger partial charge in [-0.15, -0.1) is 10.2 Å². The lowest BCUT2D eigenvalue weighted by molar-refractivity contribution is -0.113. The highest BCUT2D eigenvalue weighted by molar-refractivity contribution is 7.99. The first kappa shape index (κ1) is 20.5. The van der Waals surface area contributed by atoms with E-state index in [0.717, 1.165) is 0 Å². The van der Waals surface area contributed by atoms with E-state index in [1.807, 2.05) is 6.92 Å². The Morgan fingerprint density at radius 3 is 2.69 bits per heavy atom. The third kappa shape index (κ3) is 5.00. The first-order valence-electron chi connectivity index (χ1n) is 8.94. The molecule has 0 spiro atoms. The number of nitrogens with zero attached hydrogens (tertiary/aromatic N) is 3. The van der Waals surface area contributed by atoms with Gasteiger partial charge in [0.15, 0.2) is 11.0 Å². The molecule has 0 unspecified atom stereocenters. The van der Waals surface area contributed by atoms with Gasteiger partial charge < -0.3 is 15.2 Å². The van der Waals surface area contributed by atoms with E-state index in [2.05, 4.69) is 20.8 Å². The average molecular weight is 413 g/mol. The summed E-state index contributed by atoms with van der Waals surface area (Å²) in [7, 11) is 1.72.